The monoisotopic (exact) mass is 502 g/mol. The number of carbonyl (C=O) groups is 1. The molecule has 192 valence electrons. The Morgan fingerprint density at radius 1 is 1.03 bits per heavy atom. The van der Waals surface area contributed by atoms with Gasteiger partial charge in [-0.25, -0.2) is 0 Å². The molecule has 9 heteroatoms. The van der Waals surface area contributed by atoms with Crippen molar-refractivity contribution in [2.24, 2.45) is 0 Å². The minimum Gasteiger partial charge on any atom is -0.380 e. The number of hydrogen-bond donors (Lipinski definition) is 2. The number of unbranched alkanes of at least 4 members (excludes halogenated alkanes) is 8. The summed E-state index contributed by atoms with van der Waals surface area (Å²) in [5, 5.41) is 21.6. The Kier molecular flexibility index (Phi) is 13.4. The van der Waals surface area contributed by atoms with E-state index in [1.807, 2.05) is 0 Å². The quantitative estimate of drug-likeness (QED) is 0.259. The normalized spacial score (nSPS) is 14.3. The molecule has 0 aliphatic carbocycles. The molecule has 5 nitrogen and oxygen atoms in total. The van der Waals surface area contributed by atoms with Gasteiger partial charge in [0.15, 0.2) is 0 Å². The van der Waals surface area contributed by atoms with E-state index in [1.165, 1.54) is 19.1 Å². The highest BCUT2D eigenvalue weighted by atomic mass is 32.2. The number of anilines is 1. The second-order valence-corrected chi connectivity index (χ2v) is 10.6. The van der Waals surface area contributed by atoms with E-state index in [4.69, 9.17) is 5.26 Å². The van der Waals surface area contributed by atoms with E-state index in [0.717, 1.165) is 75.4 Å². The summed E-state index contributed by atoms with van der Waals surface area (Å²) in [4.78, 5) is 12.4. The van der Waals surface area contributed by atoms with Crippen LogP contribution in [0.5, 0.6) is 0 Å². The van der Waals surface area contributed by atoms with Crippen molar-refractivity contribution in [1.29, 1.82) is 5.26 Å². The molecular formula is C25H37F3N2O3S. The van der Waals surface area contributed by atoms with E-state index >= 15 is 0 Å². The molecule has 0 heterocycles. The molecule has 1 aromatic rings. The number of alkyl halides is 3. The molecular weight excluding hydrogens is 465 g/mol. The van der Waals surface area contributed by atoms with Gasteiger partial charge in [0.2, 0.25) is 0 Å². The van der Waals surface area contributed by atoms with Crippen molar-refractivity contribution in [3.05, 3.63) is 29.3 Å². The van der Waals surface area contributed by atoms with Crippen LogP contribution in [0.25, 0.3) is 0 Å². The third-order valence-corrected chi connectivity index (χ3v) is 7.19. The van der Waals surface area contributed by atoms with Crippen LogP contribution < -0.4 is 5.32 Å². The zero-order valence-corrected chi connectivity index (χ0v) is 21.0. The van der Waals surface area contributed by atoms with Gasteiger partial charge in [-0.3, -0.25) is 9.00 Å². The van der Waals surface area contributed by atoms with Crippen LogP contribution in [0.2, 0.25) is 0 Å². The molecule has 0 spiro atoms. The first-order valence-corrected chi connectivity index (χ1v) is 13.5. The molecule has 0 aromatic heterocycles. The number of nitrogens with one attached hydrogen (secondary N) is 1. The van der Waals surface area contributed by atoms with Gasteiger partial charge in [0, 0.05) is 28.0 Å². The number of carbonyl (C=O) groups excluding carboxylic acids is 1. The van der Waals surface area contributed by atoms with E-state index in [9.17, 15) is 27.3 Å². The number of halogens is 3. The van der Waals surface area contributed by atoms with Crippen LogP contribution in [0.1, 0.15) is 95.6 Å². The standard InChI is InChI=1S/C25H37F3N2O3S/c1-3-4-16-34(33)17-12-10-8-6-5-7-9-11-15-24(2,32)23(31)30-21-14-13-20(19-29)22(18-21)25(26,27)28/h13-14,18,32H,3-12,15-17H2,1-2H3,(H,30,31)/t24-,34?/m0/s1. The van der Waals surface area contributed by atoms with Crippen molar-refractivity contribution in [3.63, 3.8) is 0 Å². The van der Waals surface area contributed by atoms with Crippen molar-refractivity contribution < 1.29 is 27.3 Å². The molecule has 2 atom stereocenters. The van der Waals surface area contributed by atoms with Crippen LogP contribution in [0.15, 0.2) is 18.2 Å². The van der Waals surface area contributed by atoms with Crippen molar-refractivity contribution in [2.75, 3.05) is 16.8 Å². The molecule has 0 fully saturated rings. The zero-order chi connectivity index (χ0) is 25.6. The third kappa shape index (κ3) is 11.5. The highest BCUT2D eigenvalue weighted by Gasteiger charge is 2.35. The van der Waals surface area contributed by atoms with Crippen molar-refractivity contribution in [3.8, 4) is 6.07 Å². The summed E-state index contributed by atoms with van der Waals surface area (Å²) in [6, 6.07) is 4.40. The minimum atomic E-state index is -4.72. The highest BCUT2D eigenvalue weighted by Crippen LogP contribution is 2.33. The number of aliphatic hydroxyl groups is 1. The fourth-order valence-corrected chi connectivity index (χ4v) is 4.87. The first-order chi connectivity index (χ1) is 16.0. The summed E-state index contributed by atoms with van der Waals surface area (Å²) < 4.78 is 51.0. The lowest BCUT2D eigenvalue weighted by Crippen LogP contribution is -2.40. The third-order valence-electron chi connectivity index (χ3n) is 5.70. The lowest BCUT2D eigenvalue weighted by Gasteiger charge is -2.22. The SMILES string of the molecule is CCCCS(=O)CCCCCCCCCC[C@](C)(O)C(=O)Nc1ccc(C#N)c(C(F)(F)F)c1. The summed E-state index contributed by atoms with van der Waals surface area (Å²) in [7, 11) is -0.683. The maximum Gasteiger partial charge on any atom is 0.417 e. The number of benzene rings is 1. The minimum absolute atomic E-state index is 0.120. The molecule has 34 heavy (non-hydrogen) atoms. The molecule has 0 bridgehead atoms. The summed E-state index contributed by atoms with van der Waals surface area (Å²) in [5.41, 5.74) is -3.48. The average Bonchev–Trinajstić information content (AvgIpc) is 2.78. The summed E-state index contributed by atoms with van der Waals surface area (Å²) in [6.07, 6.45) is 5.36. The van der Waals surface area contributed by atoms with Gasteiger partial charge in [-0.05, 0) is 44.4 Å². The maximum absolute atomic E-state index is 13.1. The predicted octanol–water partition coefficient (Wildman–Crippen LogP) is 6.33. The predicted molar refractivity (Wildman–Crippen MR) is 130 cm³/mol. The Hall–Kier alpha value is -1.92. The van der Waals surface area contributed by atoms with Gasteiger partial charge in [-0.15, -0.1) is 0 Å². The van der Waals surface area contributed by atoms with E-state index < -0.39 is 39.6 Å². The van der Waals surface area contributed by atoms with Crippen LogP contribution in [0.4, 0.5) is 18.9 Å². The summed E-state index contributed by atoms with van der Waals surface area (Å²) in [5.74, 6) is 0.818. The Bertz CT molecular complexity index is 836. The van der Waals surface area contributed by atoms with E-state index in [1.54, 1.807) is 0 Å². The van der Waals surface area contributed by atoms with Crippen LogP contribution in [-0.2, 0) is 21.8 Å². The fraction of sp³-hybridized carbons (Fsp3) is 0.680. The number of nitrogens with zero attached hydrogens (tertiary/aromatic N) is 1. The number of nitriles is 1. The van der Waals surface area contributed by atoms with Crippen molar-refractivity contribution in [1.82, 2.24) is 0 Å². The Balaban J connectivity index is 2.29. The van der Waals surface area contributed by atoms with Gasteiger partial charge < -0.3 is 10.4 Å². The maximum atomic E-state index is 13.1. The van der Waals surface area contributed by atoms with E-state index in [-0.39, 0.29) is 12.1 Å². The van der Waals surface area contributed by atoms with Crippen LogP contribution in [0, 0.1) is 11.3 Å². The lowest BCUT2D eigenvalue weighted by molar-refractivity contribution is -0.138. The second-order valence-electron chi connectivity index (χ2n) is 8.88. The molecule has 0 saturated carbocycles. The van der Waals surface area contributed by atoms with Crippen molar-refractivity contribution >= 4 is 22.4 Å². The van der Waals surface area contributed by atoms with E-state index in [2.05, 4.69) is 12.2 Å². The summed E-state index contributed by atoms with van der Waals surface area (Å²) in [6.45, 7) is 3.45. The molecule has 0 radical (unpaired) electrons. The van der Waals surface area contributed by atoms with Gasteiger partial charge in [0.1, 0.15) is 5.60 Å². The first-order valence-electron chi connectivity index (χ1n) is 12.0. The van der Waals surface area contributed by atoms with Crippen molar-refractivity contribution in [2.45, 2.75) is 96.3 Å². The number of hydrogen-bond acceptors (Lipinski definition) is 4. The largest absolute Gasteiger partial charge is 0.417 e. The molecule has 1 amide bonds. The van der Waals surface area contributed by atoms with Gasteiger partial charge in [-0.2, -0.15) is 18.4 Å². The van der Waals surface area contributed by atoms with Gasteiger partial charge >= 0.3 is 6.18 Å². The molecule has 1 unspecified atom stereocenters. The van der Waals surface area contributed by atoms with Gasteiger partial charge in [-0.1, -0.05) is 58.3 Å². The summed E-state index contributed by atoms with van der Waals surface area (Å²) >= 11 is 0. The molecule has 0 saturated heterocycles. The number of amides is 1. The molecule has 2 N–H and O–H groups in total. The Morgan fingerprint density at radius 3 is 2.15 bits per heavy atom. The topological polar surface area (TPSA) is 90.2 Å². The number of rotatable bonds is 16. The zero-order valence-electron chi connectivity index (χ0n) is 20.2. The van der Waals surface area contributed by atoms with Crippen LogP contribution >= 0.6 is 0 Å². The van der Waals surface area contributed by atoms with E-state index in [0.29, 0.717) is 12.5 Å². The van der Waals surface area contributed by atoms with Crippen LogP contribution in [0.3, 0.4) is 0 Å². The Labute approximate surface area is 203 Å². The van der Waals surface area contributed by atoms with Gasteiger partial charge in [0.05, 0.1) is 17.2 Å². The van der Waals surface area contributed by atoms with Gasteiger partial charge in [0.25, 0.3) is 5.91 Å². The molecule has 0 aliphatic heterocycles. The molecule has 1 rings (SSSR count). The fourth-order valence-electron chi connectivity index (χ4n) is 3.53. The Morgan fingerprint density at radius 2 is 1.59 bits per heavy atom. The average molecular weight is 503 g/mol. The molecule has 1 aromatic carbocycles. The molecule has 0 aliphatic rings. The highest BCUT2D eigenvalue weighted by molar-refractivity contribution is 7.84. The second kappa shape index (κ2) is 15.2. The first kappa shape index (κ1) is 30.1. The lowest BCUT2D eigenvalue weighted by atomic mass is 9.96. The van der Waals surface area contributed by atoms with Crippen LogP contribution in [-0.4, -0.2) is 32.3 Å². The smallest absolute Gasteiger partial charge is 0.380 e.